The van der Waals surface area contributed by atoms with Crippen molar-refractivity contribution in [3.05, 3.63) is 53.5 Å². The number of benzene rings is 1. The van der Waals surface area contributed by atoms with Gasteiger partial charge in [0.1, 0.15) is 0 Å². The zero-order chi connectivity index (χ0) is 19.7. The van der Waals surface area contributed by atoms with Crippen molar-refractivity contribution in [3.63, 3.8) is 0 Å². The van der Waals surface area contributed by atoms with Crippen molar-refractivity contribution < 1.29 is 4.79 Å². The quantitative estimate of drug-likeness (QED) is 0.369. The summed E-state index contributed by atoms with van der Waals surface area (Å²) in [6.45, 7) is 4.43. The van der Waals surface area contributed by atoms with E-state index in [-0.39, 0.29) is 11.5 Å². The molecule has 3 heterocycles. The minimum Gasteiger partial charge on any atom is -0.346 e. The van der Waals surface area contributed by atoms with Crippen molar-refractivity contribution in [2.75, 3.05) is 5.75 Å². The summed E-state index contributed by atoms with van der Waals surface area (Å²) in [5.41, 5.74) is 3.46. The predicted molar refractivity (Wildman–Crippen MR) is 107 cm³/mol. The minimum atomic E-state index is 0.0108. The van der Waals surface area contributed by atoms with Crippen LogP contribution in [-0.2, 0) is 6.54 Å². The maximum Gasteiger partial charge on any atom is 0.253 e. The minimum absolute atomic E-state index is 0.0108. The predicted octanol–water partition coefficient (Wildman–Crippen LogP) is 3.58. The molecule has 0 aliphatic heterocycles. The second kappa shape index (κ2) is 7.44. The number of carbonyl (C=O) groups is 1. The van der Waals surface area contributed by atoms with Crippen molar-refractivity contribution in [2.24, 2.45) is 0 Å². The highest BCUT2D eigenvalue weighted by Gasteiger charge is 2.17. The molecule has 140 valence electrons. The average molecular weight is 390 g/mol. The maximum atomic E-state index is 12.9. The number of nitriles is 1. The molecule has 28 heavy (non-hydrogen) atoms. The van der Waals surface area contributed by atoms with E-state index in [1.807, 2.05) is 54.9 Å². The van der Waals surface area contributed by atoms with E-state index in [2.05, 4.69) is 21.1 Å². The number of thioether (sulfide) groups is 1. The first kappa shape index (κ1) is 18.2. The molecule has 4 rings (SSSR count). The van der Waals surface area contributed by atoms with Crippen LogP contribution in [0.2, 0.25) is 0 Å². The van der Waals surface area contributed by atoms with Crippen LogP contribution in [-0.4, -0.2) is 35.7 Å². The molecule has 0 spiro atoms. The van der Waals surface area contributed by atoms with E-state index in [0.717, 1.165) is 22.3 Å². The summed E-state index contributed by atoms with van der Waals surface area (Å²) < 4.78 is 3.66. The number of para-hydroxylation sites is 1. The third-order valence-corrected chi connectivity index (χ3v) is 5.32. The van der Waals surface area contributed by atoms with Gasteiger partial charge in [-0.05, 0) is 26.0 Å². The second-order valence-electron chi connectivity index (χ2n) is 6.52. The number of rotatable bonds is 6. The van der Waals surface area contributed by atoms with Gasteiger partial charge in [0.05, 0.1) is 18.2 Å². The van der Waals surface area contributed by atoms with E-state index < -0.39 is 0 Å². The van der Waals surface area contributed by atoms with Gasteiger partial charge in [0.25, 0.3) is 5.78 Å². The Morgan fingerprint density at radius 3 is 2.89 bits per heavy atom. The molecule has 0 atom stereocenters. The van der Waals surface area contributed by atoms with Gasteiger partial charge in [-0.2, -0.15) is 10.2 Å². The van der Waals surface area contributed by atoms with Gasteiger partial charge in [0, 0.05) is 40.6 Å². The smallest absolute Gasteiger partial charge is 0.253 e. The molecule has 0 saturated carbocycles. The Balaban J connectivity index is 1.57. The topological polar surface area (TPSA) is 88.9 Å². The first-order chi connectivity index (χ1) is 13.6. The third-order valence-electron chi connectivity index (χ3n) is 4.48. The molecule has 0 aliphatic carbocycles. The van der Waals surface area contributed by atoms with E-state index in [4.69, 9.17) is 5.26 Å². The van der Waals surface area contributed by atoms with Crippen LogP contribution in [0.25, 0.3) is 16.7 Å². The number of nitrogens with zero attached hydrogens (tertiary/aromatic N) is 6. The van der Waals surface area contributed by atoms with Crippen molar-refractivity contribution in [1.29, 1.82) is 5.26 Å². The molecule has 8 heteroatoms. The van der Waals surface area contributed by atoms with Crippen LogP contribution in [0, 0.1) is 25.2 Å². The summed E-state index contributed by atoms with van der Waals surface area (Å²) in [4.78, 5) is 21.7. The van der Waals surface area contributed by atoms with E-state index in [0.29, 0.717) is 29.5 Å². The highest BCUT2D eigenvalue weighted by molar-refractivity contribution is 7.99. The summed E-state index contributed by atoms with van der Waals surface area (Å²) in [5.74, 6) is 0.790. The summed E-state index contributed by atoms with van der Waals surface area (Å²) >= 11 is 1.31. The van der Waals surface area contributed by atoms with Gasteiger partial charge in [-0.15, -0.1) is 5.10 Å². The second-order valence-corrected chi connectivity index (χ2v) is 7.46. The summed E-state index contributed by atoms with van der Waals surface area (Å²) in [7, 11) is 0. The van der Waals surface area contributed by atoms with Crippen molar-refractivity contribution >= 4 is 34.2 Å². The fraction of sp³-hybridized carbons (Fsp3) is 0.250. The molecule has 7 nitrogen and oxygen atoms in total. The summed E-state index contributed by atoms with van der Waals surface area (Å²) in [5, 5.41) is 14.7. The number of fused-ring (bicyclic) bond motifs is 2. The highest BCUT2D eigenvalue weighted by atomic mass is 32.2. The van der Waals surface area contributed by atoms with Crippen LogP contribution in [0.1, 0.15) is 28.2 Å². The Morgan fingerprint density at radius 2 is 2.07 bits per heavy atom. The molecule has 0 saturated heterocycles. The van der Waals surface area contributed by atoms with Crippen LogP contribution in [0.15, 0.2) is 41.7 Å². The lowest BCUT2D eigenvalue weighted by Gasteiger charge is -2.00. The first-order valence-electron chi connectivity index (χ1n) is 8.88. The van der Waals surface area contributed by atoms with E-state index >= 15 is 0 Å². The molecule has 0 amide bonds. The Kier molecular flexibility index (Phi) is 4.84. The van der Waals surface area contributed by atoms with Crippen LogP contribution in [0.5, 0.6) is 0 Å². The number of ketones is 1. The first-order valence-corrected chi connectivity index (χ1v) is 9.87. The maximum absolute atomic E-state index is 12.9. The number of aromatic nitrogens is 5. The lowest BCUT2D eigenvalue weighted by atomic mass is 10.1. The number of hydrogen-bond acceptors (Lipinski definition) is 6. The lowest BCUT2D eigenvalue weighted by Crippen LogP contribution is -2.02. The normalized spacial score (nSPS) is 11.2. The summed E-state index contributed by atoms with van der Waals surface area (Å²) in [6.07, 6.45) is 2.25. The zero-order valence-electron chi connectivity index (χ0n) is 15.6. The molecule has 1 aromatic carbocycles. The highest BCUT2D eigenvalue weighted by Crippen LogP contribution is 2.24. The molecule has 0 bridgehead atoms. The Labute approximate surface area is 166 Å². The largest absolute Gasteiger partial charge is 0.346 e. The standard InChI is InChI=1S/C20H18N6OS/c1-13-10-14(2)26-19(22-13)23-20(24-26)28-12-18(27)16-11-25(9-5-8-21)17-7-4-3-6-15(16)17/h3-4,6-7,10-11H,5,9,12H2,1-2H3. The number of hydrogen-bond donors (Lipinski definition) is 0. The van der Waals surface area contributed by atoms with Crippen LogP contribution < -0.4 is 0 Å². The average Bonchev–Trinajstić information content (AvgIpc) is 3.26. The molecule has 3 aromatic heterocycles. The zero-order valence-corrected chi connectivity index (χ0v) is 16.4. The SMILES string of the molecule is Cc1cc(C)n2nc(SCC(=O)c3cn(CCC#N)c4ccccc34)nc2n1. The van der Waals surface area contributed by atoms with Crippen LogP contribution >= 0.6 is 11.8 Å². The number of Topliss-reactive ketones (excluding diaryl/α,β-unsaturated/α-hetero) is 1. The summed E-state index contributed by atoms with van der Waals surface area (Å²) in [6, 6.07) is 11.9. The fourth-order valence-corrected chi connectivity index (χ4v) is 3.94. The van der Waals surface area contributed by atoms with E-state index in [1.165, 1.54) is 11.8 Å². The number of carbonyl (C=O) groups excluding carboxylic acids is 1. The van der Waals surface area contributed by atoms with Crippen LogP contribution in [0.4, 0.5) is 0 Å². The van der Waals surface area contributed by atoms with Crippen molar-refractivity contribution in [2.45, 2.75) is 32.0 Å². The van der Waals surface area contributed by atoms with Crippen molar-refractivity contribution in [1.82, 2.24) is 24.1 Å². The van der Waals surface area contributed by atoms with Gasteiger partial charge >= 0.3 is 0 Å². The van der Waals surface area contributed by atoms with Gasteiger partial charge in [0.2, 0.25) is 5.16 Å². The van der Waals surface area contributed by atoms with E-state index in [9.17, 15) is 4.79 Å². The molecular weight excluding hydrogens is 372 g/mol. The fourth-order valence-electron chi connectivity index (χ4n) is 3.24. The van der Waals surface area contributed by atoms with Crippen molar-refractivity contribution in [3.8, 4) is 6.07 Å². The molecule has 0 radical (unpaired) electrons. The number of aryl methyl sites for hydroxylation is 3. The molecule has 0 N–H and O–H groups in total. The van der Waals surface area contributed by atoms with Gasteiger partial charge in [0.15, 0.2) is 5.78 Å². The monoisotopic (exact) mass is 390 g/mol. The van der Waals surface area contributed by atoms with Gasteiger partial charge in [-0.25, -0.2) is 9.50 Å². The van der Waals surface area contributed by atoms with Gasteiger partial charge in [-0.3, -0.25) is 4.79 Å². The molecular formula is C20H18N6OS. The molecule has 0 fully saturated rings. The third kappa shape index (κ3) is 3.37. The molecule has 0 aliphatic rings. The Hall–Kier alpha value is -3.18. The van der Waals surface area contributed by atoms with Gasteiger partial charge < -0.3 is 4.57 Å². The molecule has 0 unspecified atom stereocenters. The van der Waals surface area contributed by atoms with Gasteiger partial charge in [-0.1, -0.05) is 30.0 Å². The molecule has 4 aromatic rings. The lowest BCUT2D eigenvalue weighted by molar-refractivity contribution is 0.102. The van der Waals surface area contributed by atoms with E-state index in [1.54, 1.807) is 4.52 Å². The Bertz CT molecular complexity index is 1230. The van der Waals surface area contributed by atoms with Crippen LogP contribution in [0.3, 0.4) is 0 Å². The Morgan fingerprint density at radius 1 is 1.25 bits per heavy atom.